The average Bonchev–Trinajstić information content (AvgIpc) is 2.06. The van der Waals surface area contributed by atoms with Crippen LogP contribution in [0.15, 0.2) is 18.2 Å². The fraction of sp³-hybridized carbons (Fsp3) is 0.455. The van der Waals surface area contributed by atoms with Crippen LogP contribution in [-0.2, 0) is 0 Å². The van der Waals surface area contributed by atoms with Crippen molar-refractivity contribution < 1.29 is 9.84 Å². The SMILES string of the molecule is Cc1cc(OCC(C)(C)O)ccc1Cl. The third-order valence-electron chi connectivity index (χ3n) is 1.72. The smallest absolute Gasteiger partial charge is 0.119 e. The Morgan fingerprint density at radius 3 is 2.57 bits per heavy atom. The largest absolute Gasteiger partial charge is 0.491 e. The molecule has 1 rings (SSSR count). The monoisotopic (exact) mass is 214 g/mol. The highest BCUT2D eigenvalue weighted by Crippen LogP contribution is 2.21. The molecule has 78 valence electrons. The summed E-state index contributed by atoms with van der Waals surface area (Å²) < 4.78 is 5.40. The first-order valence-electron chi connectivity index (χ1n) is 4.50. The minimum atomic E-state index is -0.812. The lowest BCUT2D eigenvalue weighted by molar-refractivity contribution is 0.0285. The number of rotatable bonds is 3. The van der Waals surface area contributed by atoms with E-state index in [1.54, 1.807) is 26.0 Å². The van der Waals surface area contributed by atoms with Crippen molar-refractivity contribution in [3.05, 3.63) is 28.8 Å². The molecule has 0 fully saturated rings. The maximum atomic E-state index is 9.45. The van der Waals surface area contributed by atoms with E-state index in [1.807, 2.05) is 13.0 Å². The average molecular weight is 215 g/mol. The molecule has 14 heavy (non-hydrogen) atoms. The predicted molar refractivity (Wildman–Crippen MR) is 58.0 cm³/mol. The quantitative estimate of drug-likeness (QED) is 0.839. The van der Waals surface area contributed by atoms with Crippen molar-refractivity contribution in [3.63, 3.8) is 0 Å². The number of aliphatic hydroxyl groups is 1. The van der Waals surface area contributed by atoms with E-state index < -0.39 is 5.60 Å². The second-order valence-electron chi connectivity index (χ2n) is 4.01. The summed E-state index contributed by atoms with van der Waals surface area (Å²) in [5.74, 6) is 0.731. The molecule has 0 unspecified atom stereocenters. The Labute approximate surface area is 89.5 Å². The van der Waals surface area contributed by atoms with Crippen LogP contribution in [0.5, 0.6) is 5.75 Å². The van der Waals surface area contributed by atoms with Gasteiger partial charge in [-0.15, -0.1) is 0 Å². The molecule has 3 heteroatoms. The summed E-state index contributed by atoms with van der Waals surface area (Å²) in [6.45, 7) is 5.60. The summed E-state index contributed by atoms with van der Waals surface area (Å²) in [6, 6.07) is 5.44. The molecule has 0 amide bonds. The molecule has 0 radical (unpaired) electrons. The van der Waals surface area contributed by atoms with Crippen molar-refractivity contribution in [2.45, 2.75) is 26.4 Å². The Morgan fingerprint density at radius 2 is 2.07 bits per heavy atom. The minimum absolute atomic E-state index is 0.272. The Hall–Kier alpha value is -0.730. The first kappa shape index (κ1) is 11.3. The van der Waals surface area contributed by atoms with Crippen LogP contribution in [0.1, 0.15) is 19.4 Å². The molecule has 0 aromatic heterocycles. The van der Waals surface area contributed by atoms with E-state index in [0.717, 1.165) is 16.3 Å². The molecule has 0 aliphatic carbocycles. The first-order valence-corrected chi connectivity index (χ1v) is 4.87. The molecule has 0 spiro atoms. The normalized spacial score (nSPS) is 11.5. The highest BCUT2D eigenvalue weighted by atomic mass is 35.5. The van der Waals surface area contributed by atoms with Crippen LogP contribution < -0.4 is 4.74 Å². The van der Waals surface area contributed by atoms with E-state index in [1.165, 1.54) is 0 Å². The Bertz CT molecular complexity index is 316. The van der Waals surface area contributed by atoms with Crippen LogP contribution in [0.3, 0.4) is 0 Å². The molecule has 1 aromatic carbocycles. The molecule has 0 heterocycles. The second-order valence-corrected chi connectivity index (χ2v) is 4.42. The summed E-state index contributed by atoms with van der Waals surface area (Å²) in [6.07, 6.45) is 0. The van der Waals surface area contributed by atoms with Gasteiger partial charge in [-0.25, -0.2) is 0 Å². The van der Waals surface area contributed by atoms with Gasteiger partial charge in [-0.3, -0.25) is 0 Å². The third-order valence-corrected chi connectivity index (χ3v) is 2.15. The maximum Gasteiger partial charge on any atom is 0.119 e. The Balaban J connectivity index is 2.65. The lowest BCUT2D eigenvalue weighted by Gasteiger charge is -2.18. The number of benzene rings is 1. The van der Waals surface area contributed by atoms with Gasteiger partial charge in [-0.2, -0.15) is 0 Å². The van der Waals surface area contributed by atoms with E-state index in [-0.39, 0.29) is 6.61 Å². The van der Waals surface area contributed by atoms with Gasteiger partial charge < -0.3 is 9.84 Å². The number of aryl methyl sites for hydroxylation is 1. The number of ether oxygens (including phenoxy) is 1. The zero-order chi connectivity index (χ0) is 10.8. The van der Waals surface area contributed by atoms with Crippen molar-refractivity contribution in [1.82, 2.24) is 0 Å². The first-order chi connectivity index (χ1) is 6.38. The van der Waals surface area contributed by atoms with Crippen molar-refractivity contribution in [1.29, 1.82) is 0 Å². The molecule has 1 aromatic rings. The van der Waals surface area contributed by atoms with Gasteiger partial charge in [0.2, 0.25) is 0 Å². The molecular weight excluding hydrogens is 200 g/mol. The lowest BCUT2D eigenvalue weighted by atomic mass is 10.1. The fourth-order valence-corrected chi connectivity index (χ4v) is 1.08. The van der Waals surface area contributed by atoms with E-state index in [0.29, 0.717) is 0 Å². The highest BCUT2D eigenvalue weighted by Gasteiger charge is 2.13. The molecule has 2 nitrogen and oxygen atoms in total. The number of halogens is 1. The summed E-state index contributed by atoms with van der Waals surface area (Å²) in [5, 5.41) is 10.2. The summed E-state index contributed by atoms with van der Waals surface area (Å²) in [5.41, 5.74) is 0.160. The summed E-state index contributed by atoms with van der Waals surface area (Å²) in [4.78, 5) is 0. The molecule has 0 saturated carbocycles. The predicted octanol–water partition coefficient (Wildman–Crippen LogP) is 2.80. The van der Waals surface area contributed by atoms with Crippen LogP contribution in [-0.4, -0.2) is 17.3 Å². The fourth-order valence-electron chi connectivity index (χ4n) is 0.967. The van der Waals surface area contributed by atoms with Gasteiger partial charge in [0, 0.05) is 5.02 Å². The summed E-state index contributed by atoms with van der Waals surface area (Å²) in [7, 11) is 0. The molecule has 0 saturated heterocycles. The number of hydrogen-bond donors (Lipinski definition) is 1. The van der Waals surface area contributed by atoms with E-state index in [4.69, 9.17) is 16.3 Å². The lowest BCUT2D eigenvalue weighted by Crippen LogP contribution is -2.27. The van der Waals surface area contributed by atoms with Crippen molar-refractivity contribution >= 4 is 11.6 Å². The molecule has 0 aliphatic heterocycles. The maximum absolute atomic E-state index is 9.45. The van der Waals surface area contributed by atoms with Crippen LogP contribution in [0.4, 0.5) is 0 Å². The van der Waals surface area contributed by atoms with Gasteiger partial charge in [0.25, 0.3) is 0 Å². The van der Waals surface area contributed by atoms with Gasteiger partial charge in [0.05, 0.1) is 5.60 Å². The number of hydrogen-bond acceptors (Lipinski definition) is 2. The second kappa shape index (κ2) is 4.20. The van der Waals surface area contributed by atoms with Crippen molar-refractivity contribution in [2.24, 2.45) is 0 Å². The Morgan fingerprint density at radius 1 is 1.43 bits per heavy atom. The zero-order valence-electron chi connectivity index (χ0n) is 8.67. The van der Waals surface area contributed by atoms with Gasteiger partial charge in [-0.1, -0.05) is 11.6 Å². The molecule has 0 bridgehead atoms. The van der Waals surface area contributed by atoms with Crippen LogP contribution >= 0.6 is 11.6 Å². The molecule has 0 atom stereocenters. The Kier molecular flexibility index (Phi) is 3.40. The van der Waals surface area contributed by atoms with Crippen molar-refractivity contribution in [2.75, 3.05) is 6.61 Å². The van der Waals surface area contributed by atoms with Crippen LogP contribution in [0, 0.1) is 6.92 Å². The van der Waals surface area contributed by atoms with Crippen LogP contribution in [0.2, 0.25) is 5.02 Å². The molecule has 1 N–H and O–H groups in total. The van der Waals surface area contributed by atoms with Gasteiger partial charge in [0.1, 0.15) is 12.4 Å². The van der Waals surface area contributed by atoms with E-state index in [2.05, 4.69) is 0 Å². The summed E-state index contributed by atoms with van der Waals surface area (Å²) >= 11 is 5.87. The van der Waals surface area contributed by atoms with Gasteiger partial charge in [-0.05, 0) is 44.5 Å². The van der Waals surface area contributed by atoms with Gasteiger partial charge in [0.15, 0.2) is 0 Å². The minimum Gasteiger partial charge on any atom is -0.491 e. The highest BCUT2D eigenvalue weighted by molar-refractivity contribution is 6.31. The van der Waals surface area contributed by atoms with E-state index >= 15 is 0 Å². The zero-order valence-corrected chi connectivity index (χ0v) is 9.43. The molecule has 0 aliphatic rings. The molecular formula is C11H15ClO2. The van der Waals surface area contributed by atoms with Crippen molar-refractivity contribution in [3.8, 4) is 5.75 Å². The topological polar surface area (TPSA) is 29.5 Å². The standard InChI is InChI=1S/C11H15ClO2/c1-8-6-9(4-5-10(8)12)14-7-11(2,3)13/h4-6,13H,7H2,1-3H3. The van der Waals surface area contributed by atoms with E-state index in [9.17, 15) is 5.11 Å². The third kappa shape index (κ3) is 3.56. The van der Waals surface area contributed by atoms with Gasteiger partial charge >= 0.3 is 0 Å². The van der Waals surface area contributed by atoms with Crippen LogP contribution in [0.25, 0.3) is 0 Å².